The van der Waals surface area contributed by atoms with Crippen molar-refractivity contribution in [2.24, 2.45) is 0 Å². The first kappa shape index (κ1) is 37.3. The van der Waals surface area contributed by atoms with Gasteiger partial charge in [-0.2, -0.15) is 11.8 Å². The van der Waals surface area contributed by atoms with Crippen molar-refractivity contribution < 1.29 is 15.3 Å². The fourth-order valence-electron chi connectivity index (χ4n) is 4.24. The summed E-state index contributed by atoms with van der Waals surface area (Å²) in [6, 6.07) is 0. The van der Waals surface area contributed by atoms with E-state index in [2.05, 4.69) is 25.6 Å². The summed E-state index contributed by atoms with van der Waals surface area (Å²) in [5.74, 6) is 2.82. The summed E-state index contributed by atoms with van der Waals surface area (Å²) in [6.45, 7) is 6.35. The van der Waals surface area contributed by atoms with Gasteiger partial charge in [0.1, 0.15) is 0 Å². The summed E-state index contributed by atoms with van der Waals surface area (Å²) < 4.78 is 0. The lowest BCUT2D eigenvalue weighted by atomic mass is 10.1. The Hall–Kier alpha value is 0.190. The van der Waals surface area contributed by atoms with Crippen LogP contribution in [-0.2, 0) is 0 Å². The normalized spacial score (nSPS) is 11.1. The molecule has 0 heterocycles. The molecule has 214 valence electrons. The molecule has 0 rings (SSSR count). The monoisotopic (exact) mass is 519 g/mol. The lowest BCUT2D eigenvalue weighted by Gasteiger charge is -2.17. The van der Waals surface area contributed by atoms with E-state index in [1.54, 1.807) is 4.90 Å². The zero-order chi connectivity index (χ0) is 26.1. The summed E-state index contributed by atoms with van der Waals surface area (Å²) >= 11 is 2.21. The molecule has 0 radical (unpaired) electrons. The Morgan fingerprint density at radius 2 is 0.657 bits per heavy atom. The van der Waals surface area contributed by atoms with Crippen LogP contribution in [0.25, 0.3) is 0 Å². The number of unbranched alkanes of at least 4 members (excludes halogenated alkanes) is 18. The second-order valence-corrected chi connectivity index (χ2v) is 11.2. The Bertz CT molecular complexity index is 311. The van der Waals surface area contributed by atoms with Gasteiger partial charge >= 0.3 is 0 Å². The molecule has 0 aromatic rings. The number of aliphatic hydroxyl groups is 3. The zero-order valence-electron chi connectivity index (χ0n) is 24.0. The number of hydrogen-bond acceptors (Lipinski definition) is 5. The highest BCUT2D eigenvalue weighted by Crippen LogP contribution is 2.15. The van der Waals surface area contributed by atoms with Crippen molar-refractivity contribution in [1.82, 2.24) is 4.90 Å². The standard InChI is InChI=1S/C24H50S.C6H15NO3/c1-3-5-7-9-11-13-15-17-19-21-23-25-24-22-20-18-16-14-12-10-8-6-4-2;8-4-1-7(2-5-9)3-6-10/h3-24H2,1-2H3;8-10H,1-6H2. The highest BCUT2D eigenvalue weighted by Gasteiger charge is 2.00. The van der Waals surface area contributed by atoms with Crippen molar-refractivity contribution in [3.05, 3.63) is 0 Å². The molecular formula is C30H65NO3S. The Labute approximate surface area is 225 Å². The predicted molar refractivity (Wildman–Crippen MR) is 159 cm³/mol. The number of aliphatic hydroxyl groups excluding tert-OH is 3. The molecular weight excluding hydrogens is 454 g/mol. The lowest BCUT2D eigenvalue weighted by Crippen LogP contribution is -2.32. The van der Waals surface area contributed by atoms with Crippen LogP contribution in [0.2, 0.25) is 0 Å². The first-order chi connectivity index (χ1) is 17.3. The van der Waals surface area contributed by atoms with E-state index in [1.165, 1.54) is 140 Å². The van der Waals surface area contributed by atoms with Crippen LogP contribution < -0.4 is 0 Å². The van der Waals surface area contributed by atoms with E-state index in [0.717, 1.165) is 0 Å². The van der Waals surface area contributed by atoms with Gasteiger partial charge in [-0.25, -0.2) is 0 Å². The minimum atomic E-state index is 0.0694. The third kappa shape index (κ3) is 36.4. The average molecular weight is 520 g/mol. The van der Waals surface area contributed by atoms with E-state index in [1.807, 2.05) is 0 Å². The quantitative estimate of drug-likeness (QED) is 0.0919. The molecule has 0 saturated heterocycles. The van der Waals surface area contributed by atoms with Gasteiger partial charge in [-0.05, 0) is 24.3 Å². The smallest absolute Gasteiger partial charge is 0.0558 e. The second-order valence-electron chi connectivity index (χ2n) is 9.99. The Balaban J connectivity index is 0. The molecule has 0 aliphatic carbocycles. The molecule has 0 aromatic carbocycles. The summed E-state index contributed by atoms with van der Waals surface area (Å²) in [7, 11) is 0. The van der Waals surface area contributed by atoms with Crippen molar-refractivity contribution in [3.8, 4) is 0 Å². The fraction of sp³-hybridized carbons (Fsp3) is 1.00. The molecule has 0 spiro atoms. The molecule has 3 N–H and O–H groups in total. The van der Waals surface area contributed by atoms with Crippen molar-refractivity contribution in [3.63, 3.8) is 0 Å². The maximum absolute atomic E-state index is 8.48. The van der Waals surface area contributed by atoms with Crippen molar-refractivity contribution in [2.75, 3.05) is 51.0 Å². The molecule has 5 heteroatoms. The van der Waals surface area contributed by atoms with Crippen LogP contribution in [0.4, 0.5) is 0 Å². The Morgan fingerprint density at radius 3 is 0.914 bits per heavy atom. The first-order valence-electron chi connectivity index (χ1n) is 15.4. The van der Waals surface area contributed by atoms with Crippen molar-refractivity contribution in [2.45, 2.75) is 142 Å². The maximum Gasteiger partial charge on any atom is 0.0558 e. The van der Waals surface area contributed by atoms with E-state index < -0.39 is 0 Å². The lowest BCUT2D eigenvalue weighted by molar-refractivity contribution is 0.136. The van der Waals surface area contributed by atoms with Gasteiger partial charge in [0.25, 0.3) is 0 Å². The van der Waals surface area contributed by atoms with Crippen LogP contribution in [0.1, 0.15) is 142 Å². The molecule has 0 bridgehead atoms. The van der Waals surface area contributed by atoms with Crippen LogP contribution in [0.3, 0.4) is 0 Å². The van der Waals surface area contributed by atoms with Gasteiger partial charge in [-0.15, -0.1) is 0 Å². The number of hydrogen-bond donors (Lipinski definition) is 3. The van der Waals surface area contributed by atoms with Crippen molar-refractivity contribution >= 4 is 11.8 Å². The van der Waals surface area contributed by atoms with Gasteiger partial charge in [0.2, 0.25) is 0 Å². The topological polar surface area (TPSA) is 63.9 Å². The molecule has 0 aromatic heterocycles. The second kappa shape index (κ2) is 36.3. The van der Waals surface area contributed by atoms with Crippen LogP contribution >= 0.6 is 11.8 Å². The average Bonchev–Trinajstić information content (AvgIpc) is 2.86. The predicted octanol–water partition coefficient (Wildman–Crippen LogP) is 7.83. The van der Waals surface area contributed by atoms with Gasteiger partial charge in [-0.1, -0.05) is 129 Å². The number of rotatable bonds is 28. The van der Waals surface area contributed by atoms with Crippen LogP contribution in [0.5, 0.6) is 0 Å². The van der Waals surface area contributed by atoms with E-state index in [0.29, 0.717) is 19.6 Å². The third-order valence-electron chi connectivity index (χ3n) is 6.53. The first-order valence-corrected chi connectivity index (χ1v) is 16.5. The molecule has 4 nitrogen and oxygen atoms in total. The van der Waals surface area contributed by atoms with E-state index >= 15 is 0 Å². The zero-order valence-corrected chi connectivity index (χ0v) is 24.8. The van der Waals surface area contributed by atoms with Gasteiger partial charge in [0.15, 0.2) is 0 Å². The van der Waals surface area contributed by atoms with E-state index in [9.17, 15) is 0 Å². The highest BCUT2D eigenvalue weighted by molar-refractivity contribution is 7.99. The molecule has 0 fully saturated rings. The minimum absolute atomic E-state index is 0.0694. The summed E-state index contributed by atoms with van der Waals surface area (Å²) in [5, 5.41) is 25.5. The van der Waals surface area contributed by atoms with Crippen LogP contribution in [0.15, 0.2) is 0 Å². The molecule has 0 amide bonds. The SMILES string of the molecule is CCCCCCCCCCCCSCCCCCCCCCCCC.OCCN(CCO)CCO. The van der Waals surface area contributed by atoms with Crippen LogP contribution in [-0.4, -0.2) is 71.2 Å². The molecule has 0 atom stereocenters. The summed E-state index contributed by atoms with van der Waals surface area (Å²) in [5.41, 5.74) is 0. The Kier molecular flexibility index (Phi) is 38.8. The van der Waals surface area contributed by atoms with Gasteiger partial charge in [0.05, 0.1) is 19.8 Å². The number of nitrogens with zero attached hydrogens (tertiary/aromatic N) is 1. The number of thioether (sulfide) groups is 1. The molecule has 0 unspecified atom stereocenters. The maximum atomic E-state index is 8.48. The molecule has 0 saturated carbocycles. The summed E-state index contributed by atoms with van der Waals surface area (Å²) in [4.78, 5) is 1.79. The third-order valence-corrected chi connectivity index (χ3v) is 7.69. The highest BCUT2D eigenvalue weighted by atomic mass is 32.2. The molecule has 35 heavy (non-hydrogen) atoms. The fourth-order valence-corrected chi connectivity index (χ4v) is 5.27. The van der Waals surface area contributed by atoms with Crippen LogP contribution in [0, 0.1) is 0 Å². The van der Waals surface area contributed by atoms with Crippen molar-refractivity contribution in [1.29, 1.82) is 0 Å². The molecule has 0 aliphatic heterocycles. The Morgan fingerprint density at radius 1 is 0.400 bits per heavy atom. The van der Waals surface area contributed by atoms with Gasteiger partial charge < -0.3 is 15.3 Å². The minimum Gasteiger partial charge on any atom is -0.395 e. The summed E-state index contributed by atoms with van der Waals surface area (Å²) in [6.07, 6.45) is 29.2. The van der Waals surface area contributed by atoms with Gasteiger partial charge in [-0.3, -0.25) is 4.90 Å². The molecule has 0 aliphatic rings. The van der Waals surface area contributed by atoms with E-state index in [-0.39, 0.29) is 19.8 Å². The van der Waals surface area contributed by atoms with Gasteiger partial charge in [0, 0.05) is 19.6 Å². The largest absolute Gasteiger partial charge is 0.395 e. The van der Waals surface area contributed by atoms with E-state index in [4.69, 9.17) is 15.3 Å².